The first kappa shape index (κ1) is 11.5. The molecule has 0 atom stereocenters. The minimum atomic E-state index is -0.294. The zero-order chi connectivity index (χ0) is 11.5. The predicted molar refractivity (Wildman–Crippen MR) is 69.3 cm³/mol. The van der Waals surface area contributed by atoms with Gasteiger partial charge in [-0.25, -0.2) is 9.37 Å². The van der Waals surface area contributed by atoms with Crippen LogP contribution in [0.4, 0.5) is 15.9 Å². The lowest BCUT2D eigenvalue weighted by Gasteiger charge is -2.08. The van der Waals surface area contributed by atoms with Gasteiger partial charge in [0.15, 0.2) is 0 Å². The van der Waals surface area contributed by atoms with Crippen LogP contribution in [-0.4, -0.2) is 4.98 Å². The Hall–Kier alpha value is -0.940. The van der Waals surface area contributed by atoms with E-state index in [2.05, 4.69) is 42.2 Å². The van der Waals surface area contributed by atoms with Gasteiger partial charge in [0, 0.05) is 10.7 Å². The Kier molecular flexibility index (Phi) is 3.56. The molecule has 0 unspecified atom stereocenters. The van der Waals surface area contributed by atoms with Crippen LogP contribution in [0.25, 0.3) is 0 Å². The number of benzene rings is 1. The van der Waals surface area contributed by atoms with Gasteiger partial charge < -0.3 is 5.32 Å². The van der Waals surface area contributed by atoms with Gasteiger partial charge in [0.1, 0.15) is 11.6 Å². The summed E-state index contributed by atoms with van der Waals surface area (Å²) in [6, 6.07) is 8.13. The van der Waals surface area contributed by atoms with E-state index in [1.807, 2.05) is 12.1 Å². The van der Waals surface area contributed by atoms with E-state index < -0.39 is 0 Å². The molecule has 2 rings (SSSR count). The first-order valence-corrected chi connectivity index (χ1v) is 6.08. The fourth-order valence-corrected chi connectivity index (χ4v) is 1.90. The highest BCUT2D eigenvalue weighted by molar-refractivity contribution is 9.11. The molecule has 0 amide bonds. The van der Waals surface area contributed by atoms with Gasteiger partial charge in [0.2, 0.25) is 0 Å². The number of nitrogens with zero attached hydrogens (tertiary/aromatic N) is 1. The Morgan fingerprint density at radius 3 is 2.69 bits per heavy atom. The van der Waals surface area contributed by atoms with Crippen LogP contribution < -0.4 is 5.32 Å². The van der Waals surface area contributed by atoms with E-state index in [1.54, 1.807) is 12.3 Å². The van der Waals surface area contributed by atoms with Gasteiger partial charge in [0.25, 0.3) is 0 Å². The van der Waals surface area contributed by atoms with Crippen molar-refractivity contribution >= 4 is 43.4 Å². The fourth-order valence-electron chi connectivity index (χ4n) is 1.20. The number of nitrogens with one attached hydrogen (secondary N) is 1. The van der Waals surface area contributed by atoms with Crippen LogP contribution in [0.5, 0.6) is 0 Å². The summed E-state index contributed by atoms with van der Waals surface area (Å²) in [7, 11) is 0. The summed E-state index contributed by atoms with van der Waals surface area (Å²) in [5.41, 5.74) is 0.638. The highest BCUT2D eigenvalue weighted by Gasteiger charge is 2.05. The van der Waals surface area contributed by atoms with E-state index in [-0.39, 0.29) is 5.82 Å². The van der Waals surface area contributed by atoms with Crippen molar-refractivity contribution in [3.63, 3.8) is 0 Å². The van der Waals surface area contributed by atoms with Gasteiger partial charge in [0.05, 0.1) is 10.2 Å². The van der Waals surface area contributed by atoms with E-state index in [1.165, 1.54) is 12.1 Å². The van der Waals surface area contributed by atoms with E-state index in [0.717, 1.165) is 8.95 Å². The van der Waals surface area contributed by atoms with E-state index >= 15 is 0 Å². The summed E-state index contributed by atoms with van der Waals surface area (Å²) in [5.74, 6) is 0.353. The largest absolute Gasteiger partial charge is 0.338 e. The summed E-state index contributed by atoms with van der Waals surface area (Å²) in [6.45, 7) is 0. The minimum Gasteiger partial charge on any atom is -0.338 e. The van der Waals surface area contributed by atoms with Crippen molar-refractivity contribution in [1.82, 2.24) is 4.98 Å². The lowest BCUT2D eigenvalue weighted by atomic mass is 10.3. The second-order valence-electron chi connectivity index (χ2n) is 3.08. The molecule has 2 nitrogen and oxygen atoms in total. The van der Waals surface area contributed by atoms with Crippen molar-refractivity contribution in [2.75, 3.05) is 5.32 Å². The Balaban J connectivity index is 2.34. The summed E-state index contributed by atoms with van der Waals surface area (Å²) in [6.07, 6.45) is 1.67. The first-order valence-electron chi connectivity index (χ1n) is 4.49. The van der Waals surface area contributed by atoms with Gasteiger partial charge in [-0.1, -0.05) is 0 Å². The van der Waals surface area contributed by atoms with Crippen molar-refractivity contribution in [2.24, 2.45) is 0 Å². The van der Waals surface area contributed by atoms with E-state index in [0.29, 0.717) is 11.5 Å². The zero-order valence-corrected chi connectivity index (χ0v) is 11.2. The molecular weight excluding hydrogens is 339 g/mol. The standard InChI is InChI=1S/C11H7Br2FN2/c12-8-4-3-7(14)6-10(8)16-11-9(13)2-1-5-15-11/h1-6H,(H,15,16). The fraction of sp³-hybridized carbons (Fsp3) is 0. The summed E-state index contributed by atoms with van der Waals surface area (Å²) in [4.78, 5) is 4.14. The average Bonchev–Trinajstić information content (AvgIpc) is 2.27. The highest BCUT2D eigenvalue weighted by Crippen LogP contribution is 2.28. The van der Waals surface area contributed by atoms with Gasteiger partial charge in [-0.15, -0.1) is 0 Å². The molecule has 0 fully saturated rings. The average molecular weight is 346 g/mol. The molecule has 0 spiro atoms. The van der Waals surface area contributed by atoms with Crippen molar-refractivity contribution in [3.05, 3.63) is 51.3 Å². The molecule has 0 saturated carbocycles. The molecule has 1 heterocycles. The number of aromatic nitrogens is 1. The maximum Gasteiger partial charge on any atom is 0.144 e. The minimum absolute atomic E-state index is 0.294. The molecule has 82 valence electrons. The molecule has 0 radical (unpaired) electrons. The van der Waals surface area contributed by atoms with Crippen LogP contribution in [0, 0.1) is 5.82 Å². The van der Waals surface area contributed by atoms with Crippen molar-refractivity contribution in [2.45, 2.75) is 0 Å². The molecular formula is C11H7Br2FN2. The van der Waals surface area contributed by atoms with Crippen LogP contribution in [0.3, 0.4) is 0 Å². The molecule has 0 aliphatic heterocycles. The second-order valence-corrected chi connectivity index (χ2v) is 4.79. The van der Waals surface area contributed by atoms with Gasteiger partial charge >= 0.3 is 0 Å². The molecule has 5 heteroatoms. The number of pyridine rings is 1. The van der Waals surface area contributed by atoms with E-state index in [4.69, 9.17) is 0 Å². The molecule has 16 heavy (non-hydrogen) atoms. The molecule has 1 N–H and O–H groups in total. The Bertz CT molecular complexity index is 517. The normalized spacial score (nSPS) is 10.2. The van der Waals surface area contributed by atoms with Crippen LogP contribution >= 0.6 is 31.9 Å². The molecule has 0 aliphatic rings. The zero-order valence-electron chi connectivity index (χ0n) is 8.05. The van der Waals surface area contributed by atoms with Gasteiger partial charge in [-0.05, 0) is 62.2 Å². The third-order valence-electron chi connectivity index (χ3n) is 1.94. The Morgan fingerprint density at radius 1 is 1.12 bits per heavy atom. The van der Waals surface area contributed by atoms with E-state index in [9.17, 15) is 4.39 Å². The molecule has 2 aromatic rings. The maximum atomic E-state index is 13.1. The Labute approximate surface area is 109 Å². The molecule has 0 saturated heterocycles. The smallest absolute Gasteiger partial charge is 0.144 e. The third-order valence-corrected chi connectivity index (χ3v) is 3.27. The van der Waals surface area contributed by atoms with Crippen molar-refractivity contribution in [1.29, 1.82) is 0 Å². The summed E-state index contributed by atoms with van der Waals surface area (Å²) < 4.78 is 14.7. The summed E-state index contributed by atoms with van der Waals surface area (Å²) >= 11 is 6.70. The molecule has 1 aromatic carbocycles. The van der Waals surface area contributed by atoms with Crippen molar-refractivity contribution < 1.29 is 4.39 Å². The maximum absolute atomic E-state index is 13.1. The SMILES string of the molecule is Fc1ccc(Br)c(Nc2ncccc2Br)c1. The van der Waals surface area contributed by atoms with Crippen LogP contribution in [-0.2, 0) is 0 Å². The lowest BCUT2D eigenvalue weighted by molar-refractivity contribution is 0.628. The lowest BCUT2D eigenvalue weighted by Crippen LogP contribution is -1.95. The number of rotatable bonds is 2. The monoisotopic (exact) mass is 344 g/mol. The number of anilines is 2. The quantitative estimate of drug-likeness (QED) is 0.867. The van der Waals surface area contributed by atoms with Crippen LogP contribution in [0.1, 0.15) is 0 Å². The molecule has 0 aliphatic carbocycles. The number of hydrogen-bond donors (Lipinski definition) is 1. The predicted octanol–water partition coefficient (Wildman–Crippen LogP) is 4.49. The highest BCUT2D eigenvalue weighted by atomic mass is 79.9. The van der Waals surface area contributed by atoms with Gasteiger partial charge in [-0.3, -0.25) is 0 Å². The Morgan fingerprint density at radius 2 is 1.94 bits per heavy atom. The first-order chi connectivity index (χ1) is 7.66. The molecule has 1 aromatic heterocycles. The molecule has 0 bridgehead atoms. The summed E-state index contributed by atoms with van der Waals surface area (Å²) in [5, 5.41) is 3.04. The van der Waals surface area contributed by atoms with Crippen LogP contribution in [0.15, 0.2) is 45.5 Å². The second kappa shape index (κ2) is 4.93. The number of halogens is 3. The third kappa shape index (κ3) is 2.59. The topological polar surface area (TPSA) is 24.9 Å². The number of hydrogen-bond acceptors (Lipinski definition) is 2. The van der Waals surface area contributed by atoms with Crippen LogP contribution in [0.2, 0.25) is 0 Å². The van der Waals surface area contributed by atoms with Gasteiger partial charge in [-0.2, -0.15) is 0 Å². The van der Waals surface area contributed by atoms with Crippen molar-refractivity contribution in [3.8, 4) is 0 Å².